The summed E-state index contributed by atoms with van der Waals surface area (Å²) in [5.74, 6) is 0.764. The Labute approximate surface area is 111 Å². The molecule has 0 bridgehead atoms. The SMILES string of the molecule is Cc1cc(Br)ccc1Nc1ncncc1Br. The minimum atomic E-state index is 0.764. The average Bonchev–Trinajstić information content (AvgIpc) is 2.25. The van der Waals surface area contributed by atoms with Gasteiger partial charge in [-0.15, -0.1) is 0 Å². The molecule has 1 aromatic carbocycles. The molecule has 1 heterocycles. The van der Waals surface area contributed by atoms with Gasteiger partial charge >= 0.3 is 0 Å². The number of nitrogens with zero attached hydrogens (tertiary/aromatic N) is 2. The van der Waals surface area contributed by atoms with E-state index in [-0.39, 0.29) is 0 Å². The minimum Gasteiger partial charge on any atom is -0.339 e. The van der Waals surface area contributed by atoms with Gasteiger partial charge in [0.2, 0.25) is 0 Å². The summed E-state index contributed by atoms with van der Waals surface area (Å²) in [4.78, 5) is 8.07. The van der Waals surface area contributed by atoms with Crippen LogP contribution in [0.15, 0.2) is 39.7 Å². The molecule has 0 unspecified atom stereocenters. The van der Waals surface area contributed by atoms with E-state index < -0.39 is 0 Å². The Balaban J connectivity index is 2.31. The van der Waals surface area contributed by atoms with Gasteiger partial charge in [-0.1, -0.05) is 15.9 Å². The Morgan fingerprint density at radius 3 is 2.75 bits per heavy atom. The lowest BCUT2D eigenvalue weighted by atomic mass is 10.2. The Morgan fingerprint density at radius 1 is 1.25 bits per heavy atom. The van der Waals surface area contributed by atoms with Crippen LogP contribution in [0.4, 0.5) is 11.5 Å². The number of aromatic nitrogens is 2. The number of rotatable bonds is 2. The van der Waals surface area contributed by atoms with Crippen molar-refractivity contribution >= 4 is 43.4 Å². The number of nitrogens with one attached hydrogen (secondary N) is 1. The number of benzene rings is 1. The second-order valence-electron chi connectivity index (χ2n) is 3.30. The van der Waals surface area contributed by atoms with Crippen molar-refractivity contribution in [3.63, 3.8) is 0 Å². The first-order valence-electron chi connectivity index (χ1n) is 4.65. The van der Waals surface area contributed by atoms with Gasteiger partial charge in [0.25, 0.3) is 0 Å². The van der Waals surface area contributed by atoms with Gasteiger partial charge in [-0.25, -0.2) is 9.97 Å². The predicted octanol–water partition coefficient (Wildman–Crippen LogP) is 4.05. The summed E-state index contributed by atoms with van der Waals surface area (Å²) in [5.41, 5.74) is 2.18. The smallest absolute Gasteiger partial charge is 0.148 e. The van der Waals surface area contributed by atoms with Crippen molar-refractivity contribution in [2.24, 2.45) is 0 Å². The molecule has 0 saturated heterocycles. The summed E-state index contributed by atoms with van der Waals surface area (Å²) in [7, 11) is 0. The summed E-state index contributed by atoms with van der Waals surface area (Å²) in [5, 5.41) is 3.25. The van der Waals surface area contributed by atoms with Crippen LogP contribution in [0.2, 0.25) is 0 Å². The molecule has 0 spiro atoms. The van der Waals surface area contributed by atoms with Gasteiger partial charge in [0.05, 0.1) is 4.47 Å². The molecule has 82 valence electrons. The highest BCUT2D eigenvalue weighted by molar-refractivity contribution is 9.10. The summed E-state index contributed by atoms with van der Waals surface area (Å²) in [6.45, 7) is 2.04. The summed E-state index contributed by atoms with van der Waals surface area (Å²) < 4.78 is 1.91. The molecule has 0 atom stereocenters. The first kappa shape index (κ1) is 11.5. The number of anilines is 2. The second kappa shape index (κ2) is 4.93. The third-order valence-electron chi connectivity index (χ3n) is 2.11. The molecule has 1 N–H and O–H groups in total. The van der Waals surface area contributed by atoms with Gasteiger partial charge in [0.15, 0.2) is 0 Å². The molecule has 0 radical (unpaired) electrons. The minimum absolute atomic E-state index is 0.764. The first-order valence-corrected chi connectivity index (χ1v) is 6.24. The van der Waals surface area contributed by atoms with Crippen molar-refractivity contribution in [1.29, 1.82) is 0 Å². The van der Waals surface area contributed by atoms with Crippen molar-refractivity contribution in [3.05, 3.63) is 45.2 Å². The van der Waals surface area contributed by atoms with Crippen LogP contribution in [0.25, 0.3) is 0 Å². The number of halogens is 2. The monoisotopic (exact) mass is 341 g/mol. The van der Waals surface area contributed by atoms with Gasteiger partial charge in [-0.2, -0.15) is 0 Å². The lowest BCUT2D eigenvalue weighted by molar-refractivity contribution is 1.15. The fraction of sp³-hybridized carbons (Fsp3) is 0.0909. The molecule has 16 heavy (non-hydrogen) atoms. The molecule has 2 aromatic rings. The molecule has 0 aliphatic carbocycles. The van der Waals surface area contributed by atoms with E-state index in [2.05, 4.69) is 53.2 Å². The molecule has 5 heteroatoms. The van der Waals surface area contributed by atoms with E-state index in [1.165, 1.54) is 6.33 Å². The van der Waals surface area contributed by atoms with Crippen LogP contribution in [0, 0.1) is 6.92 Å². The highest BCUT2D eigenvalue weighted by atomic mass is 79.9. The Morgan fingerprint density at radius 2 is 2.06 bits per heavy atom. The van der Waals surface area contributed by atoms with Crippen molar-refractivity contribution in [1.82, 2.24) is 9.97 Å². The third-order valence-corrected chi connectivity index (χ3v) is 3.18. The van der Waals surface area contributed by atoms with E-state index in [0.29, 0.717) is 0 Å². The lowest BCUT2D eigenvalue weighted by Gasteiger charge is -2.09. The standard InChI is InChI=1S/C11H9Br2N3/c1-7-4-8(12)2-3-10(7)16-11-9(13)5-14-6-15-11/h2-6H,1H3,(H,14,15,16). The van der Waals surface area contributed by atoms with Crippen molar-refractivity contribution in [2.75, 3.05) is 5.32 Å². The quantitative estimate of drug-likeness (QED) is 0.894. The maximum absolute atomic E-state index is 4.16. The molecule has 0 aliphatic rings. The van der Waals surface area contributed by atoms with Gasteiger partial charge in [-0.05, 0) is 46.6 Å². The molecular formula is C11H9Br2N3. The molecule has 1 aromatic heterocycles. The number of aryl methyl sites for hydroxylation is 1. The van der Waals surface area contributed by atoms with Gasteiger partial charge in [0, 0.05) is 16.4 Å². The van der Waals surface area contributed by atoms with E-state index in [9.17, 15) is 0 Å². The normalized spacial score (nSPS) is 10.2. The number of hydrogen-bond acceptors (Lipinski definition) is 3. The van der Waals surface area contributed by atoms with Crippen molar-refractivity contribution in [2.45, 2.75) is 6.92 Å². The van der Waals surface area contributed by atoms with Crippen LogP contribution in [0.1, 0.15) is 5.56 Å². The fourth-order valence-electron chi connectivity index (χ4n) is 1.30. The van der Waals surface area contributed by atoms with Crippen molar-refractivity contribution in [3.8, 4) is 0 Å². The van der Waals surface area contributed by atoms with Gasteiger partial charge in [0.1, 0.15) is 12.1 Å². The molecule has 0 amide bonds. The average molecular weight is 343 g/mol. The van der Waals surface area contributed by atoms with Crippen LogP contribution >= 0.6 is 31.9 Å². The largest absolute Gasteiger partial charge is 0.339 e. The second-order valence-corrected chi connectivity index (χ2v) is 5.07. The number of hydrogen-bond donors (Lipinski definition) is 1. The Bertz CT molecular complexity index is 514. The van der Waals surface area contributed by atoms with Gasteiger partial charge < -0.3 is 5.32 Å². The van der Waals surface area contributed by atoms with Crippen LogP contribution in [-0.2, 0) is 0 Å². The zero-order chi connectivity index (χ0) is 11.5. The van der Waals surface area contributed by atoms with Crippen LogP contribution < -0.4 is 5.32 Å². The van der Waals surface area contributed by atoms with E-state index in [1.54, 1.807) is 6.20 Å². The molecule has 2 rings (SSSR count). The highest BCUT2D eigenvalue weighted by Crippen LogP contribution is 2.26. The zero-order valence-corrected chi connectivity index (χ0v) is 11.7. The molecule has 0 aliphatic heterocycles. The van der Waals surface area contributed by atoms with Gasteiger partial charge in [-0.3, -0.25) is 0 Å². The zero-order valence-electron chi connectivity index (χ0n) is 8.54. The summed E-state index contributed by atoms with van der Waals surface area (Å²) in [6.07, 6.45) is 3.23. The Kier molecular flexibility index (Phi) is 3.56. The van der Waals surface area contributed by atoms with E-state index in [4.69, 9.17) is 0 Å². The van der Waals surface area contributed by atoms with E-state index in [0.717, 1.165) is 26.0 Å². The lowest BCUT2D eigenvalue weighted by Crippen LogP contribution is -1.97. The molecular weight excluding hydrogens is 334 g/mol. The fourth-order valence-corrected chi connectivity index (χ4v) is 2.09. The third kappa shape index (κ3) is 2.59. The van der Waals surface area contributed by atoms with Crippen LogP contribution in [-0.4, -0.2) is 9.97 Å². The maximum atomic E-state index is 4.16. The molecule has 3 nitrogen and oxygen atoms in total. The van der Waals surface area contributed by atoms with E-state index >= 15 is 0 Å². The van der Waals surface area contributed by atoms with Crippen LogP contribution in [0.3, 0.4) is 0 Å². The topological polar surface area (TPSA) is 37.8 Å². The summed E-state index contributed by atoms with van der Waals surface area (Å²) >= 11 is 6.83. The highest BCUT2D eigenvalue weighted by Gasteiger charge is 2.03. The predicted molar refractivity (Wildman–Crippen MR) is 71.9 cm³/mol. The Hall–Kier alpha value is -0.940. The van der Waals surface area contributed by atoms with E-state index in [1.807, 2.05) is 19.1 Å². The maximum Gasteiger partial charge on any atom is 0.148 e. The molecule has 0 fully saturated rings. The molecule has 0 saturated carbocycles. The van der Waals surface area contributed by atoms with Crippen LogP contribution in [0.5, 0.6) is 0 Å². The summed E-state index contributed by atoms with van der Waals surface area (Å²) in [6, 6.07) is 6.05. The first-order chi connectivity index (χ1) is 7.66. The van der Waals surface area contributed by atoms with Crippen molar-refractivity contribution < 1.29 is 0 Å².